The Morgan fingerprint density at radius 3 is 2.91 bits per heavy atom. The number of hydrogen-bond donors (Lipinski definition) is 0. The lowest BCUT2D eigenvalue weighted by molar-refractivity contribution is 0.00193. The first-order valence-electron chi connectivity index (χ1n) is 3.36. The fourth-order valence-electron chi connectivity index (χ4n) is 1.13. The summed E-state index contributed by atoms with van der Waals surface area (Å²) in [6, 6.07) is 0. The molecule has 0 amide bonds. The van der Waals surface area contributed by atoms with E-state index in [1.807, 2.05) is 0 Å². The molecule has 5 heteroatoms. The van der Waals surface area contributed by atoms with Crippen molar-refractivity contribution >= 4 is 20.7 Å². The predicted octanol–water partition coefficient (Wildman–Crippen LogP) is 0.694. The maximum Gasteiger partial charge on any atom is 0.117 e. The lowest BCUT2D eigenvalue weighted by Crippen LogP contribution is -2.37. The van der Waals surface area contributed by atoms with E-state index in [1.165, 1.54) is 0 Å². The minimum absolute atomic E-state index is 0.352. The second-order valence-electron chi connectivity index (χ2n) is 2.62. The van der Waals surface area contributed by atoms with Crippen LogP contribution in [0.3, 0.4) is 0 Å². The van der Waals surface area contributed by atoms with Crippen molar-refractivity contribution in [3.8, 4) is 0 Å². The van der Waals surface area contributed by atoms with Crippen LogP contribution in [0.1, 0.15) is 6.42 Å². The van der Waals surface area contributed by atoms with Crippen molar-refractivity contribution in [1.82, 2.24) is 0 Å². The summed E-state index contributed by atoms with van der Waals surface area (Å²) >= 11 is 0. The van der Waals surface area contributed by atoms with Crippen LogP contribution in [0.25, 0.3) is 0 Å². The van der Waals surface area contributed by atoms with Crippen molar-refractivity contribution in [2.45, 2.75) is 12.0 Å². The van der Waals surface area contributed by atoms with Crippen LogP contribution in [-0.2, 0) is 19.5 Å². The van der Waals surface area contributed by atoms with Crippen molar-refractivity contribution in [2.75, 3.05) is 26.1 Å². The van der Waals surface area contributed by atoms with Gasteiger partial charge in [-0.3, -0.25) is 0 Å². The van der Waals surface area contributed by atoms with E-state index in [-0.39, 0.29) is 0 Å². The molecule has 11 heavy (non-hydrogen) atoms. The van der Waals surface area contributed by atoms with Gasteiger partial charge in [0.1, 0.15) is 15.6 Å². The molecule has 1 rings (SSSR count). The van der Waals surface area contributed by atoms with Gasteiger partial charge in [0.15, 0.2) is 0 Å². The molecule has 3 nitrogen and oxygen atoms in total. The van der Waals surface area contributed by atoms with Gasteiger partial charge in [-0.15, -0.1) is 0 Å². The van der Waals surface area contributed by atoms with Crippen molar-refractivity contribution in [2.24, 2.45) is 0 Å². The topological polar surface area (TPSA) is 35.5 Å². The number of hydrogen-bond acceptors (Lipinski definition) is 3. The van der Waals surface area contributed by atoms with Gasteiger partial charge in [0, 0.05) is 20.1 Å². The molecule has 0 aromatic rings. The Kier molecular flexibility index (Phi) is 3.30. The Balaban J connectivity index is 2.52. The van der Waals surface area contributed by atoms with Gasteiger partial charge < -0.3 is 9.47 Å². The molecule has 1 aliphatic heterocycles. The molecule has 66 valence electrons. The van der Waals surface area contributed by atoms with E-state index in [0.717, 1.165) is 6.42 Å². The van der Waals surface area contributed by atoms with Gasteiger partial charge in [-0.25, -0.2) is 4.21 Å². The highest BCUT2D eigenvalue weighted by atomic mass is 35.7. The van der Waals surface area contributed by atoms with Crippen molar-refractivity contribution in [3.05, 3.63) is 0 Å². The summed E-state index contributed by atoms with van der Waals surface area (Å²) in [6.07, 6.45) is 0.780. The zero-order valence-corrected chi connectivity index (χ0v) is 7.91. The van der Waals surface area contributed by atoms with E-state index in [2.05, 4.69) is 0 Å². The fourth-order valence-corrected chi connectivity index (χ4v) is 2.48. The van der Waals surface area contributed by atoms with E-state index in [9.17, 15) is 4.21 Å². The van der Waals surface area contributed by atoms with Gasteiger partial charge in [0.25, 0.3) is 0 Å². The van der Waals surface area contributed by atoms with Crippen LogP contribution in [-0.4, -0.2) is 35.9 Å². The lowest BCUT2D eigenvalue weighted by atomic mass is 10.1. The molecule has 0 aromatic heterocycles. The molecular weight excluding hydrogens is 188 g/mol. The average Bonchev–Trinajstić information content (AvgIpc) is 2.36. The fraction of sp³-hybridized carbons (Fsp3) is 1.00. The molecule has 1 saturated heterocycles. The molecule has 2 unspecified atom stereocenters. The molecule has 0 N–H and O–H groups in total. The molecule has 0 aromatic carbocycles. The van der Waals surface area contributed by atoms with Gasteiger partial charge in [-0.1, -0.05) is 0 Å². The van der Waals surface area contributed by atoms with Crippen LogP contribution < -0.4 is 0 Å². The highest BCUT2D eigenvalue weighted by Crippen LogP contribution is 2.24. The minimum Gasteiger partial charge on any atom is -0.378 e. The molecule has 1 aliphatic rings. The Hall–Kier alpha value is 0.360. The largest absolute Gasteiger partial charge is 0.378 e. The molecule has 1 fully saturated rings. The lowest BCUT2D eigenvalue weighted by Gasteiger charge is -2.23. The zero-order valence-electron chi connectivity index (χ0n) is 6.34. The number of halogens is 1. The van der Waals surface area contributed by atoms with Crippen molar-refractivity contribution in [1.29, 1.82) is 0 Å². The number of ether oxygens (including phenoxy) is 2. The van der Waals surface area contributed by atoms with Crippen molar-refractivity contribution in [3.63, 3.8) is 0 Å². The second-order valence-corrected chi connectivity index (χ2v) is 4.53. The van der Waals surface area contributed by atoms with Gasteiger partial charge in [0.2, 0.25) is 0 Å². The monoisotopic (exact) mass is 198 g/mol. The third kappa shape index (κ3) is 2.40. The molecule has 1 heterocycles. The van der Waals surface area contributed by atoms with Gasteiger partial charge in [0.05, 0.1) is 12.4 Å². The summed E-state index contributed by atoms with van der Waals surface area (Å²) in [7, 11) is 5.63. The molecule has 0 bridgehead atoms. The van der Waals surface area contributed by atoms with E-state index >= 15 is 0 Å². The maximum absolute atomic E-state index is 10.7. The minimum atomic E-state index is -1.33. The zero-order chi connectivity index (χ0) is 8.32. The first kappa shape index (κ1) is 9.45. The Bertz CT molecular complexity index is 156. The van der Waals surface area contributed by atoms with Gasteiger partial charge in [-0.05, 0) is 10.7 Å². The second kappa shape index (κ2) is 3.85. The quantitative estimate of drug-likeness (QED) is 0.627. The van der Waals surface area contributed by atoms with Crippen molar-refractivity contribution < 1.29 is 13.7 Å². The molecule has 2 atom stereocenters. The predicted molar refractivity (Wildman–Crippen MR) is 44.0 cm³/mol. The third-order valence-electron chi connectivity index (χ3n) is 1.88. The standard InChI is InChI=1S/C6H11ClO3S/c1-9-6(5-11(7)8)2-3-10-4-6/h2-5H2,1H3. The van der Waals surface area contributed by atoms with Crippen LogP contribution in [0, 0.1) is 0 Å². The van der Waals surface area contributed by atoms with E-state index in [0.29, 0.717) is 19.0 Å². The summed E-state index contributed by atoms with van der Waals surface area (Å²) in [6.45, 7) is 1.17. The van der Waals surface area contributed by atoms with E-state index in [4.69, 9.17) is 20.2 Å². The van der Waals surface area contributed by atoms with Crippen LogP contribution in [0.15, 0.2) is 0 Å². The maximum atomic E-state index is 10.7. The molecule has 0 radical (unpaired) electrons. The first-order chi connectivity index (χ1) is 5.18. The van der Waals surface area contributed by atoms with E-state index in [1.54, 1.807) is 7.11 Å². The smallest absolute Gasteiger partial charge is 0.117 e. The highest BCUT2D eigenvalue weighted by molar-refractivity contribution is 8.08. The van der Waals surface area contributed by atoms with Gasteiger partial charge in [-0.2, -0.15) is 0 Å². The first-order valence-corrected chi connectivity index (χ1v) is 5.51. The Morgan fingerprint density at radius 2 is 2.55 bits per heavy atom. The average molecular weight is 199 g/mol. The Labute approximate surface area is 73.0 Å². The number of rotatable bonds is 3. The van der Waals surface area contributed by atoms with Crippen LogP contribution in [0.5, 0.6) is 0 Å². The van der Waals surface area contributed by atoms with E-state index < -0.39 is 15.6 Å². The summed E-state index contributed by atoms with van der Waals surface area (Å²) in [4.78, 5) is 0. The highest BCUT2D eigenvalue weighted by Gasteiger charge is 2.36. The normalized spacial score (nSPS) is 34.0. The summed E-state index contributed by atoms with van der Waals surface area (Å²) in [5, 5.41) is 0. The summed E-state index contributed by atoms with van der Waals surface area (Å²) in [5.41, 5.74) is -0.396. The Morgan fingerprint density at radius 1 is 1.82 bits per heavy atom. The SMILES string of the molecule is COC1(CS(=O)Cl)CCOC1. The van der Waals surface area contributed by atoms with Crippen LogP contribution in [0.2, 0.25) is 0 Å². The van der Waals surface area contributed by atoms with Gasteiger partial charge >= 0.3 is 0 Å². The molecular formula is C6H11ClO3S. The third-order valence-corrected chi connectivity index (χ3v) is 2.96. The van der Waals surface area contributed by atoms with Crippen LogP contribution >= 0.6 is 10.7 Å². The summed E-state index contributed by atoms with van der Waals surface area (Å²) in [5.74, 6) is 0.352. The number of methoxy groups -OCH3 is 1. The molecule has 0 aliphatic carbocycles. The van der Waals surface area contributed by atoms with Crippen LogP contribution in [0.4, 0.5) is 0 Å². The summed E-state index contributed by atoms with van der Waals surface area (Å²) < 4.78 is 21.0. The molecule has 0 saturated carbocycles. The molecule has 0 spiro atoms.